The molecule has 23 heavy (non-hydrogen) atoms. The van der Waals surface area contributed by atoms with Gasteiger partial charge in [-0.1, -0.05) is 6.07 Å². The van der Waals surface area contributed by atoms with Crippen LogP contribution in [0.15, 0.2) is 24.4 Å². The van der Waals surface area contributed by atoms with Crippen LogP contribution in [0, 0.1) is 5.41 Å². The first kappa shape index (κ1) is 16.4. The second-order valence-corrected chi connectivity index (χ2v) is 7.14. The fourth-order valence-electron chi connectivity index (χ4n) is 4.08. The van der Waals surface area contributed by atoms with Gasteiger partial charge in [0.1, 0.15) is 0 Å². The van der Waals surface area contributed by atoms with Gasteiger partial charge in [0.2, 0.25) is 5.91 Å². The lowest BCUT2D eigenvalue weighted by molar-refractivity contribution is -0.140. The van der Waals surface area contributed by atoms with Crippen LogP contribution >= 0.6 is 0 Å². The summed E-state index contributed by atoms with van der Waals surface area (Å²) in [5.41, 5.74) is 0.830. The van der Waals surface area contributed by atoms with Crippen LogP contribution in [-0.2, 0) is 11.2 Å². The van der Waals surface area contributed by atoms with Gasteiger partial charge in [0, 0.05) is 49.9 Å². The van der Waals surface area contributed by atoms with E-state index in [4.69, 9.17) is 0 Å². The summed E-state index contributed by atoms with van der Waals surface area (Å²) in [4.78, 5) is 21.1. The zero-order chi connectivity index (χ0) is 16.3. The summed E-state index contributed by atoms with van der Waals surface area (Å²) in [7, 11) is 2.11. The Labute approximate surface area is 138 Å². The second-order valence-electron chi connectivity index (χ2n) is 7.14. The first-order valence-corrected chi connectivity index (χ1v) is 8.63. The van der Waals surface area contributed by atoms with Gasteiger partial charge in [-0.2, -0.15) is 0 Å². The van der Waals surface area contributed by atoms with Crippen molar-refractivity contribution < 1.29 is 9.90 Å². The maximum Gasteiger partial charge on any atom is 0.222 e. The average molecular weight is 317 g/mol. The molecule has 3 heterocycles. The van der Waals surface area contributed by atoms with Crippen molar-refractivity contribution in [2.75, 3.05) is 33.2 Å². The number of carbonyl (C=O) groups excluding carboxylic acids is 1. The molecule has 126 valence electrons. The molecule has 2 saturated heterocycles. The third-order valence-electron chi connectivity index (χ3n) is 5.36. The lowest BCUT2D eigenvalue weighted by Gasteiger charge is -2.50. The molecule has 1 spiro atoms. The van der Waals surface area contributed by atoms with E-state index in [0.29, 0.717) is 19.4 Å². The van der Waals surface area contributed by atoms with Gasteiger partial charge in [0.05, 0.1) is 6.10 Å². The second kappa shape index (κ2) is 6.97. The Morgan fingerprint density at radius 1 is 1.39 bits per heavy atom. The van der Waals surface area contributed by atoms with E-state index >= 15 is 0 Å². The summed E-state index contributed by atoms with van der Waals surface area (Å²) in [6.07, 6.45) is 5.48. The molecule has 2 atom stereocenters. The van der Waals surface area contributed by atoms with Gasteiger partial charge < -0.3 is 14.9 Å². The van der Waals surface area contributed by atoms with E-state index in [0.717, 1.165) is 44.6 Å². The van der Waals surface area contributed by atoms with Crippen LogP contribution in [0.25, 0.3) is 0 Å². The lowest BCUT2D eigenvalue weighted by Crippen LogP contribution is -2.59. The minimum atomic E-state index is -0.287. The zero-order valence-corrected chi connectivity index (χ0v) is 13.9. The minimum Gasteiger partial charge on any atom is -0.392 e. The topological polar surface area (TPSA) is 56.7 Å². The van der Waals surface area contributed by atoms with Crippen LogP contribution in [0.5, 0.6) is 0 Å². The maximum atomic E-state index is 12.6. The van der Waals surface area contributed by atoms with Crippen molar-refractivity contribution in [3.05, 3.63) is 30.1 Å². The molecule has 2 aliphatic rings. The standard InChI is InChI=1S/C18H27N3O2/c1-20-12-8-16(22)18(13-20)9-4-11-21(14-18)17(23)7-6-15-5-2-3-10-19-15/h2-3,5,10,16,22H,4,6-9,11-14H2,1H3/t16-,18-/m0/s1. The van der Waals surface area contributed by atoms with Gasteiger partial charge >= 0.3 is 0 Å². The molecule has 1 N–H and O–H groups in total. The number of likely N-dealkylation sites (tertiary alicyclic amines) is 2. The maximum absolute atomic E-state index is 12.6. The molecule has 1 aromatic rings. The van der Waals surface area contributed by atoms with Crippen LogP contribution in [0.2, 0.25) is 0 Å². The molecule has 5 heteroatoms. The summed E-state index contributed by atoms with van der Waals surface area (Å²) < 4.78 is 0. The van der Waals surface area contributed by atoms with Gasteiger partial charge in [0.25, 0.3) is 0 Å². The van der Waals surface area contributed by atoms with Gasteiger partial charge in [0.15, 0.2) is 0 Å². The molecule has 2 fully saturated rings. The molecule has 1 amide bonds. The first-order chi connectivity index (χ1) is 11.1. The summed E-state index contributed by atoms with van der Waals surface area (Å²) in [6, 6.07) is 5.81. The molecule has 1 aromatic heterocycles. The highest BCUT2D eigenvalue weighted by Gasteiger charge is 2.45. The molecule has 2 aliphatic heterocycles. The first-order valence-electron chi connectivity index (χ1n) is 8.63. The Kier molecular flexibility index (Phi) is 4.97. The van der Waals surface area contributed by atoms with E-state index < -0.39 is 0 Å². The van der Waals surface area contributed by atoms with E-state index in [9.17, 15) is 9.90 Å². The third kappa shape index (κ3) is 3.72. The van der Waals surface area contributed by atoms with Crippen LogP contribution < -0.4 is 0 Å². The van der Waals surface area contributed by atoms with Crippen molar-refractivity contribution in [1.82, 2.24) is 14.8 Å². The Morgan fingerprint density at radius 2 is 2.26 bits per heavy atom. The number of amides is 1. The van der Waals surface area contributed by atoms with Gasteiger partial charge in [-0.3, -0.25) is 9.78 Å². The fourth-order valence-corrected chi connectivity index (χ4v) is 4.08. The highest BCUT2D eigenvalue weighted by atomic mass is 16.3. The molecule has 0 unspecified atom stereocenters. The zero-order valence-electron chi connectivity index (χ0n) is 13.9. The minimum absolute atomic E-state index is 0.133. The third-order valence-corrected chi connectivity index (χ3v) is 5.36. The Bertz CT molecular complexity index is 536. The van der Waals surface area contributed by atoms with Crippen molar-refractivity contribution in [2.24, 2.45) is 5.41 Å². The molecular weight excluding hydrogens is 290 g/mol. The predicted molar refractivity (Wildman–Crippen MR) is 88.9 cm³/mol. The number of pyridine rings is 1. The van der Waals surface area contributed by atoms with Crippen LogP contribution in [0.1, 0.15) is 31.4 Å². The number of piperidine rings is 2. The molecule has 0 aromatic carbocycles. The molecule has 5 nitrogen and oxygen atoms in total. The smallest absolute Gasteiger partial charge is 0.222 e. The van der Waals surface area contributed by atoms with Crippen molar-refractivity contribution in [3.63, 3.8) is 0 Å². The normalized spacial score (nSPS) is 29.0. The molecule has 0 radical (unpaired) electrons. The molecule has 0 saturated carbocycles. The number of aromatic nitrogens is 1. The Balaban J connectivity index is 1.60. The highest BCUT2D eigenvalue weighted by Crippen LogP contribution is 2.38. The predicted octanol–water partition coefficient (Wildman–Crippen LogP) is 1.32. The number of nitrogens with zero attached hydrogens (tertiary/aromatic N) is 3. The summed E-state index contributed by atoms with van der Waals surface area (Å²) in [6.45, 7) is 3.34. The van der Waals surface area contributed by atoms with Crippen molar-refractivity contribution in [3.8, 4) is 0 Å². The number of hydrogen-bond donors (Lipinski definition) is 1. The summed E-state index contributed by atoms with van der Waals surface area (Å²) in [5.74, 6) is 0.190. The number of hydrogen-bond acceptors (Lipinski definition) is 4. The van der Waals surface area contributed by atoms with Gasteiger partial charge in [-0.25, -0.2) is 0 Å². The molecular formula is C18H27N3O2. The van der Waals surface area contributed by atoms with Gasteiger partial charge in [-0.15, -0.1) is 0 Å². The number of rotatable bonds is 3. The molecule has 3 rings (SSSR count). The van der Waals surface area contributed by atoms with E-state index in [-0.39, 0.29) is 17.4 Å². The summed E-state index contributed by atoms with van der Waals surface area (Å²) >= 11 is 0. The van der Waals surface area contributed by atoms with Crippen molar-refractivity contribution >= 4 is 5.91 Å². The number of aryl methyl sites for hydroxylation is 1. The Morgan fingerprint density at radius 3 is 3.04 bits per heavy atom. The van der Waals surface area contributed by atoms with Crippen LogP contribution in [0.3, 0.4) is 0 Å². The van der Waals surface area contributed by atoms with E-state index in [1.807, 2.05) is 23.1 Å². The van der Waals surface area contributed by atoms with Crippen LogP contribution in [0.4, 0.5) is 0 Å². The summed E-state index contributed by atoms with van der Waals surface area (Å²) in [5, 5.41) is 10.5. The molecule has 0 bridgehead atoms. The number of aliphatic hydroxyl groups is 1. The number of aliphatic hydroxyl groups excluding tert-OH is 1. The van der Waals surface area contributed by atoms with Crippen molar-refractivity contribution in [1.29, 1.82) is 0 Å². The lowest BCUT2D eigenvalue weighted by atomic mass is 9.71. The Hall–Kier alpha value is -1.46. The SMILES string of the molecule is CN1CC[C@H](O)[C@@]2(CCCN(C(=O)CCc3ccccn3)C2)C1. The van der Waals surface area contributed by atoms with E-state index in [1.165, 1.54) is 0 Å². The largest absolute Gasteiger partial charge is 0.392 e. The van der Waals surface area contributed by atoms with E-state index in [2.05, 4.69) is 16.9 Å². The van der Waals surface area contributed by atoms with Gasteiger partial charge in [-0.05, 0) is 44.9 Å². The fraction of sp³-hybridized carbons (Fsp3) is 0.667. The average Bonchev–Trinajstić information content (AvgIpc) is 2.57. The van der Waals surface area contributed by atoms with E-state index in [1.54, 1.807) is 6.20 Å². The van der Waals surface area contributed by atoms with Crippen molar-refractivity contribution in [2.45, 2.75) is 38.2 Å². The number of carbonyl (C=O) groups is 1. The quantitative estimate of drug-likeness (QED) is 0.913. The molecule has 0 aliphatic carbocycles. The monoisotopic (exact) mass is 317 g/mol. The van der Waals surface area contributed by atoms with Crippen LogP contribution in [-0.4, -0.2) is 65.1 Å². The highest BCUT2D eigenvalue weighted by molar-refractivity contribution is 5.76.